The Labute approximate surface area is 492 Å². The first kappa shape index (κ1) is 57.5. The second-order valence-electron chi connectivity index (χ2n) is 24.3. The van der Waals surface area contributed by atoms with E-state index in [1.165, 1.54) is 38.6 Å². The smallest absolute Gasteiger partial charge is 0.434 e. The van der Waals surface area contributed by atoms with E-state index in [0.717, 1.165) is 172 Å². The van der Waals surface area contributed by atoms with Crippen molar-refractivity contribution in [2.24, 2.45) is 0 Å². The van der Waals surface area contributed by atoms with Gasteiger partial charge < -0.3 is 33.2 Å². The number of anilines is 3. The van der Waals surface area contributed by atoms with Gasteiger partial charge in [-0.05, 0) is 220 Å². The molecule has 9 heteroatoms. The van der Waals surface area contributed by atoms with Crippen LogP contribution < -0.4 is 4.90 Å². The zero-order chi connectivity index (χ0) is 57.2. The molecule has 432 valence electrons. The Hall–Kier alpha value is -7.36. The monoisotopic (exact) mass is 1110 g/mol. The van der Waals surface area contributed by atoms with Gasteiger partial charge in [0.2, 0.25) is 0 Å². The number of hydrogen-bond acceptors (Lipinski definition) is 8. The Bertz CT molecular complexity index is 3470. The number of carbonyl (C=O) groups excluding carboxylic acids is 2. The first-order valence-corrected chi connectivity index (χ1v) is 31.2. The summed E-state index contributed by atoms with van der Waals surface area (Å²) in [5.74, 6) is 0. The summed E-state index contributed by atoms with van der Waals surface area (Å²) in [7, 11) is 0. The second kappa shape index (κ2) is 26.1. The molecular weight excluding hydrogens is 1030 g/mol. The fourth-order valence-corrected chi connectivity index (χ4v) is 13.6. The Morgan fingerprint density at radius 2 is 1.04 bits per heavy atom. The van der Waals surface area contributed by atoms with E-state index in [2.05, 4.69) is 195 Å². The van der Waals surface area contributed by atoms with E-state index in [1.807, 2.05) is 0 Å². The van der Waals surface area contributed by atoms with E-state index in [1.54, 1.807) is 0 Å². The molecule has 0 atom stereocenters. The van der Waals surface area contributed by atoms with E-state index >= 15 is 0 Å². The van der Waals surface area contributed by atoms with Crippen molar-refractivity contribution in [3.8, 4) is 27.9 Å². The maximum atomic E-state index is 12.8. The summed E-state index contributed by atoms with van der Waals surface area (Å²) in [5.41, 5.74) is 15.9. The van der Waals surface area contributed by atoms with E-state index < -0.39 is 12.3 Å². The zero-order valence-corrected chi connectivity index (χ0v) is 49.5. The summed E-state index contributed by atoms with van der Waals surface area (Å²) >= 11 is 0. The molecule has 0 radical (unpaired) electrons. The lowest BCUT2D eigenvalue weighted by Crippen LogP contribution is -2.32. The van der Waals surface area contributed by atoms with E-state index in [0.29, 0.717) is 26.4 Å². The molecule has 7 aromatic carbocycles. The minimum Gasteiger partial charge on any atom is -0.434 e. The Balaban J connectivity index is 0.755. The molecule has 0 saturated heterocycles. The standard InChI is InChI=1S/C74H84N2O7/c1-5-7-42-73(44-14-15-45-73)82-70(77)80-49-18-13-21-54-26-33-58(34-27-54)75(61-39-40-63-62-22-9-11-24-66(62)72(3,4)67(63)52-61)59-37-30-56(31-38-59)57-32-41-69-65(51-57)64-23-10-12-25-68(64)76(69)60-35-28-55(29-36-60)53-79-48-19-20-50-81-71(78)83-74(43-8-6-2)46-16-17-47-74/h9-12,22-41,51-52H,5-8,13-21,42-50,53H2,1-4H3. The van der Waals surface area contributed by atoms with Crippen LogP contribution in [0.15, 0.2) is 158 Å². The van der Waals surface area contributed by atoms with Crippen molar-refractivity contribution in [1.82, 2.24) is 4.57 Å². The van der Waals surface area contributed by atoms with E-state index in [4.69, 9.17) is 23.7 Å². The molecule has 9 nitrogen and oxygen atoms in total. The van der Waals surface area contributed by atoms with Crippen LogP contribution in [0.5, 0.6) is 0 Å². The third kappa shape index (κ3) is 12.9. The first-order valence-electron chi connectivity index (χ1n) is 31.2. The number of nitrogens with zero attached hydrogens (tertiary/aromatic N) is 2. The summed E-state index contributed by atoms with van der Waals surface area (Å²) in [6, 6.07) is 58.0. The molecule has 0 spiro atoms. The molecule has 2 fully saturated rings. The molecule has 0 N–H and O–H groups in total. The van der Waals surface area contributed by atoms with Crippen molar-refractivity contribution in [2.45, 2.75) is 173 Å². The Morgan fingerprint density at radius 3 is 1.70 bits per heavy atom. The fraction of sp³-hybridized carbons (Fsp3) is 0.405. The van der Waals surface area contributed by atoms with Crippen molar-refractivity contribution < 1.29 is 33.3 Å². The van der Waals surface area contributed by atoms with Crippen molar-refractivity contribution in [1.29, 1.82) is 0 Å². The summed E-state index contributed by atoms with van der Waals surface area (Å²) < 4.78 is 31.4. The highest BCUT2D eigenvalue weighted by molar-refractivity contribution is 6.10. The minimum absolute atomic E-state index is 0.139. The Morgan fingerprint density at radius 1 is 0.494 bits per heavy atom. The minimum atomic E-state index is -0.523. The van der Waals surface area contributed by atoms with Gasteiger partial charge >= 0.3 is 12.3 Å². The Kier molecular flexibility index (Phi) is 18.0. The molecule has 1 aromatic heterocycles. The van der Waals surface area contributed by atoms with Crippen molar-refractivity contribution >= 4 is 51.2 Å². The molecule has 3 aliphatic rings. The maximum absolute atomic E-state index is 12.8. The van der Waals surface area contributed by atoms with Gasteiger partial charge in [0.15, 0.2) is 0 Å². The highest BCUT2D eigenvalue weighted by Crippen LogP contribution is 2.51. The number of para-hydroxylation sites is 1. The SMILES string of the molecule is CCCCC1(OC(=O)OCCCCOCc2ccc(-n3c4ccccc4c4cc(-c5ccc(N(c6ccc(CCCCOC(=O)OC7(CCCC)CCCC7)cc6)c6ccc7c(c6)C(C)(C)c6ccccc6-7)cc5)ccc43)cc2)CCCC1. The van der Waals surface area contributed by atoms with Gasteiger partial charge in [-0.2, -0.15) is 0 Å². The predicted octanol–water partition coefficient (Wildman–Crippen LogP) is 20.2. The number of ether oxygens (including phenoxy) is 5. The molecule has 1 heterocycles. The van der Waals surface area contributed by atoms with Crippen LogP contribution in [0.3, 0.4) is 0 Å². The summed E-state index contributed by atoms with van der Waals surface area (Å²) in [6.07, 6.45) is 17.6. The average Bonchev–Trinajstić information content (AvgIpc) is 2.27. The maximum Gasteiger partial charge on any atom is 0.508 e. The third-order valence-corrected chi connectivity index (χ3v) is 18.2. The number of unbranched alkanes of at least 4 members (excludes halogenated alkanes) is 4. The molecule has 3 aliphatic carbocycles. The summed E-state index contributed by atoms with van der Waals surface area (Å²) in [4.78, 5) is 27.7. The number of benzene rings is 7. The van der Waals surface area contributed by atoms with Crippen LogP contribution in [0.1, 0.15) is 166 Å². The van der Waals surface area contributed by atoms with Crippen molar-refractivity contribution in [2.75, 3.05) is 24.7 Å². The normalized spacial score (nSPS) is 15.5. The molecule has 0 unspecified atom stereocenters. The van der Waals surface area contributed by atoms with E-state index in [9.17, 15) is 9.59 Å². The topological polar surface area (TPSA) is 88.5 Å². The molecule has 11 rings (SSSR count). The van der Waals surface area contributed by atoms with Gasteiger partial charge in [0, 0.05) is 45.5 Å². The fourth-order valence-electron chi connectivity index (χ4n) is 13.6. The first-order chi connectivity index (χ1) is 40.6. The quantitative estimate of drug-likeness (QED) is 0.0413. The number of fused-ring (bicyclic) bond motifs is 6. The third-order valence-electron chi connectivity index (χ3n) is 18.2. The van der Waals surface area contributed by atoms with Crippen LogP contribution in [0.25, 0.3) is 49.7 Å². The summed E-state index contributed by atoms with van der Waals surface area (Å²) in [6.45, 7) is 10.9. The van der Waals surface area contributed by atoms with Gasteiger partial charge in [0.25, 0.3) is 0 Å². The van der Waals surface area contributed by atoms with E-state index in [-0.39, 0.29) is 16.6 Å². The number of hydrogen-bond donors (Lipinski definition) is 0. The molecule has 0 aliphatic heterocycles. The van der Waals surface area contributed by atoms with Crippen LogP contribution in [0, 0.1) is 0 Å². The van der Waals surface area contributed by atoms with Gasteiger partial charge in [-0.1, -0.05) is 132 Å². The molecule has 0 bridgehead atoms. The highest BCUT2D eigenvalue weighted by atomic mass is 16.7. The average molecular weight is 1110 g/mol. The van der Waals surface area contributed by atoms with Crippen LogP contribution in [-0.2, 0) is 42.1 Å². The number of rotatable bonds is 25. The van der Waals surface area contributed by atoms with Gasteiger partial charge in [0.1, 0.15) is 11.2 Å². The lowest BCUT2D eigenvalue weighted by Gasteiger charge is -2.28. The largest absolute Gasteiger partial charge is 0.508 e. The summed E-state index contributed by atoms with van der Waals surface area (Å²) in [5, 5.41) is 2.41. The van der Waals surface area contributed by atoms with Crippen LogP contribution in [0.2, 0.25) is 0 Å². The van der Waals surface area contributed by atoms with Crippen molar-refractivity contribution in [3.63, 3.8) is 0 Å². The number of aryl methyl sites for hydroxylation is 1. The zero-order valence-electron chi connectivity index (χ0n) is 49.5. The number of aromatic nitrogens is 1. The van der Waals surface area contributed by atoms with Gasteiger partial charge in [-0.3, -0.25) is 0 Å². The lowest BCUT2D eigenvalue weighted by atomic mass is 9.82. The number of carbonyl (C=O) groups is 2. The van der Waals surface area contributed by atoms with Crippen molar-refractivity contribution in [3.05, 3.63) is 180 Å². The highest BCUT2D eigenvalue weighted by Gasteiger charge is 2.39. The molecule has 2 saturated carbocycles. The molecular formula is C74H84N2O7. The second-order valence-corrected chi connectivity index (χ2v) is 24.3. The van der Waals surface area contributed by atoms with Crippen LogP contribution in [0.4, 0.5) is 26.7 Å². The van der Waals surface area contributed by atoms with Crippen LogP contribution in [-0.4, -0.2) is 47.9 Å². The predicted molar refractivity (Wildman–Crippen MR) is 337 cm³/mol. The van der Waals surface area contributed by atoms with Crippen LogP contribution >= 0.6 is 0 Å². The molecule has 83 heavy (non-hydrogen) atoms. The lowest BCUT2D eigenvalue weighted by molar-refractivity contribution is -0.0392. The van der Waals surface area contributed by atoms with Gasteiger partial charge in [-0.15, -0.1) is 0 Å². The van der Waals surface area contributed by atoms with Gasteiger partial charge in [0.05, 0.1) is 30.9 Å². The molecule has 8 aromatic rings. The molecule has 0 amide bonds. The van der Waals surface area contributed by atoms with Gasteiger partial charge in [-0.25, -0.2) is 9.59 Å².